The van der Waals surface area contributed by atoms with Crippen LogP contribution in [0, 0.1) is 0 Å². The van der Waals surface area contributed by atoms with Crippen molar-refractivity contribution in [3.05, 3.63) is 64.1 Å². The van der Waals surface area contributed by atoms with Crippen molar-refractivity contribution in [3.63, 3.8) is 0 Å². The number of amides is 1. The van der Waals surface area contributed by atoms with E-state index in [1.165, 1.54) is 0 Å². The molecule has 1 aromatic heterocycles. The second kappa shape index (κ2) is 8.20. The molecule has 0 aliphatic carbocycles. The fourth-order valence-electron chi connectivity index (χ4n) is 3.22. The van der Waals surface area contributed by atoms with Gasteiger partial charge in [0.1, 0.15) is 0 Å². The summed E-state index contributed by atoms with van der Waals surface area (Å²) >= 11 is 12.1. The second-order valence-corrected chi connectivity index (χ2v) is 7.43. The summed E-state index contributed by atoms with van der Waals surface area (Å²) in [5, 5.41) is 5.08. The zero-order valence-electron chi connectivity index (χ0n) is 15.0. The van der Waals surface area contributed by atoms with E-state index in [0.717, 1.165) is 13.0 Å². The minimum atomic E-state index is 0.0437. The van der Waals surface area contributed by atoms with E-state index in [1.807, 2.05) is 40.1 Å². The third kappa shape index (κ3) is 4.13. The molecule has 1 amide bonds. The number of carbonyl (C=O) groups is 1. The first kappa shape index (κ1) is 18.8. The highest BCUT2D eigenvalue weighted by Crippen LogP contribution is 2.27. The lowest BCUT2D eigenvalue weighted by atomic mass is 10.2. The van der Waals surface area contributed by atoms with Gasteiger partial charge in [0.25, 0.3) is 5.91 Å². The molecular weight excluding hydrogens is 399 g/mol. The van der Waals surface area contributed by atoms with Crippen LogP contribution in [0.15, 0.2) is 53.1 Å². The average molecular weight is 417 g/mol. The quantitative estimate of drug-likeness (QED) is 0.633. The summed E-state index contributed by atoms with van der Waals surface area (Å²) in [6.07, 6.45) is 0.819. The maximum absolute atomic E-state index is 12.7. The molecule has 1 fully saturated rings. The van der Waals surface area contributed by atoms with Gasteiger partial charge in [-0.2, -0.15) is 4.98 Å². The van der Waals surface area contributed by atoms with E-state index < -0.39 is 0 Å². The zero-order valence-corrected chi connectivity index (χ0v) is 16.5. The summed E-state index contributed by atoms with van der Waals surface area (Å²) in [5.74, 6) is 0.475. The summed E-state index contributed by atoms with van der Waals surface area (Å²) in [6.45, 7) is 2.64. The van der Waals surface area contributed by atoms with Crippen molar-refractivity contribution in [2.24, 2.45) is 0 Å². The highest BCUT2D eigenvalue weighted by atomic mass is 35.5. The van der Waals surface area contributed by atoms with Crippen LogP contribution in [-0.2, 0) is 0 Å². The van der Waals surface area contributed by atoms with Crippen molar-refractivity contribution in [1.29, 1.82) is 0 Å². The molecule has 0 saturated carbocycles. The molecule has 28 heavy (non-hydrogen) atoms. The molecule has 144 valence electrons. The van der Waals surface area contributed by atoms with E-state index in [9.17, 15) is 4.79 Å². The van der Waals surface area contributed by atoms with Gasteiger partial charge in [-0.15, -0.1) is 0 Å². The molecule has 1 aliphatic rings. The largest absolute Gasteiger partial charge is 0.337 e. The number of nitrogens with zero attached hydrogens (tertiary/aromatic N) is 4. The fourth-order valence-corrected chi connectivity index (χ4v) is 3.75. The zero-order chi connectivity index (χ0) is 19.5. The van der Waals surface area contributed by atoms with Crippen molar-refractivity contribution in [2.45, 2.75) is 6.42 Å². The Morgan fingerprint density at radius 1 is 0.964 bits per heavy atom. The number of anilines is 1. The van der Waals surface area contributed by atoms with Gasteiger partial charge in [0.15, 0.2) is 0 Å². The van der Waals surface area contributed by atoms with Crippen LogP contribution >= 0.6 is 23.2 Å². The monoisotopic (exact) mass is 416 g/mol. The minimum absolute atomic E-state index is 0.0437. The van der Waals surface area contributed by atoms with Crippen LogP contribution in [0.4, 0.5) is 6.01 Å². The van der Waals surface area contributed by atoms with Crippen molar-refractivity contribution >= 4 is 35.1 Å². The van der Waals surface area contributed by atoms with Crippen molar-refractivity contribution in [2.75, 3.05) is 31.1 Å². The van der Waals surface area contributed by atoms with Gasteiger partial charge in [0, 0.05) is 47.4 Å². The molecule has 2 aromatic carbocycles. The van der Waals surface area contributed by atoms with E-state index in [4.69, 9.17) is 27.7 Å². The Morgan fingerprint density at radius 3 is 2.46 bits per heavy atom. The number of halogens is 2. The molecule has 2 heterocycles. The molecule has 0 N–H and O–H groups in total. The van der Waals surface area contributed by atoms with E-state index >= 15 is 0 Å². The van der Waals surface area contributed by atoms with E-state index in [1.54, 1.807) is 18.2 Å². The highest BCUT2D eigenvalue weighted by molar-refractivity contribution is 6.35. The molecule has 1 saturated heterocycles. The van der Waals surface area contributed by atoms with E-state index in [0.29, 0.717) is 52.6 Å². The third-order valence-corrected chi connectivity index (χ3v) is 5.05. The molecule has 3 aromatic rings. The number of carbonyl (C=O) groups excluding carboxylic acids is 1. The molecule has 0 radical (unpaired) electrons. The Hall–Kier alpha value is -2.57. The SMILES string of the molecule is O=C(c1ccccc1)N1CCCN(c2nc(-c3cc(Cl)cc(Cl)c3)no2)CC1. The first-order valence-corrected chi connectivity index (χ1v) is 9.75. The van der Waals surface area contributed by atoms with Gasteiger partial charge >= 0.3 is 6.01 Å². The van der Waals surface area contributed by atoms with E-state index in [2.05, 4.69) is 10.1 Å². The smallest absolute Gasteiger partial charge is 0.324 e. The number of benzene rings is 2. The number of hydrogen-bond acceptors (Lipinski definition) is 5. The van der Waals surface area contributed by atoms with Crippen molar-refractivity contribution < 1.29 is 9.32 Å². The highest BCUT2D eigenvalue weighted by Gasteiger charge is 2.23. The van der Waals surface area contributed by atoms with Crippen LogP contribution < -0.4 is 4.90 Å². The van der Waals surface area contributed by atoms with Gasteiger partial charge in [0.05, 0.1) is 0 Å². The summed E-state index contributed by atoms with van der Waals surface area (Å²) in [7, 11) is 0. The van der Waals surface area contributed by atoms with E-state index in [-0.39, 0.29) is 5.91 Å². The van der Waals surface area contributed by atoms with Crippen LogP contribution in [0.25, 0.3) is 11.4 Å². The third-order valence-electron chi connectivity index (χ3n) is 4.61. The number of hydrogen-bond donors (Lipinski definition) is 0. The van der Waals surface area contributed by atoms with Gasteiger partial charge in [-0.3, -0.25) is 4.79 Å². The van der Waals surface area contributed by atoms with Crippen LogP contribution in [-0.4, -0.2) is 47.1 Å². The maximum atomic E-state index is 12.7. The summed E-state index contributed by atoms with van der Waals surface area (Å²) in [4.78, 5) is 21.0. The molecular formula is C20H18Cl2N4O2. The van der Waals surface area contributed by atoms with Crippen LogP contribution in [0.2, 0.25) is 10.0 Å². The topological polar surface area (TPSA) is 62.5 Å². The average Bonchev–Trinajstić information content (AvgIpc) is 3.06. The molecule has 0 bridgehead atoms. The molecule has 0 spiro atoms. The second-order valence-electron chi connectivity index (χ2n) is 6.56. The summed E-state index contributed by atoms with van der Waals surface area (Å²) in [6, 6.07) is 14.9. The van der Waals surface area contributed by atoms with Crippen LogP contribution in [0.5, 0.6) is 0 Å². The Labute approximate surface area is 172 Å². The Balaban J connectivity index is 1.46. The predicted octanol–water partition coefficient (Wildman–Crippen LogP) is 4.40. The number of aromatic nitrogens is 2. The van der Waals surface area contributed by atoms with Gasteiger partial charge < -0.3 is 14.3 Å². The van der Waals surface area contributed by atoms with Crippen LogP contribution in [0.3, 0.4) is 0 Å². The normalized spacial score (nSPS) is 14.8. The molecule has 0 unspecified atom stereocenters. The Kier molecular flexibility index (Phi) is 5.50. The molecule has 8 heteroatoms. The lowest BCUT2D eigenvalue weighted by Crippen LogP contribution is -2.35. The molecule has 0 atom stereocenters. The van der Waals surface area contributed by atoms with Gasteiger partial charge in [-0.1, -0.05) is 46.6 Å². The predicted molar refractivity (Wildman–Crippen MR) is 109 cm³/mol. The Bertz CT molecular complexity index is 957. The van der Waals surface area contributed by atoms with Crippen molar-refractivity contribution in [3.8, 4) is 11.4 Å². The minimum Gasteiger partial charge on any atom is -0.337 e. The lowest BCUT2D eigenvalue weighted by molar-refractivity contribution is 0.0767. The molecule has 4 rings (SSSR count). The van der Waals surface area contributed by atoms with Crippen molar-refractivity contribution in [1.82, 2.24) is 15.0 Å². The standard InChI is InChI=1S/C20H18Cl2N4O2/c21-16-11-15(12-17(22)13-16)18-23-20(28-24-18)26-8-4-7-25(9-10-26)19(27)14-5-2-1-3-6-14/h1-3,5-6,11-13H,4,7-10H2. The van der Waals surface area contributed by atoms with Gasteiger partial charge in [-0.05, 0) is 36.8 Å². The Morgan fingerprint density at radius 2 is 1.71 bits per heavy atom. The first-order valence-electron chi connectivity index (χ1n) is 8.99. The van der Waals surface area contributed by atoms with Gasteiger partial charge in [-0.25, -0.2) is 0 Å². The maximum Gasteiger partial charge on any atom is 0.324 e. The first-order chi connectivity index (χ1) is 13.6. The summed E-state index contributed by atoms with van der Waals surface area (Å²) < 4.78 is 5.45. The number of rotatable bonds is 3. The molecule has 1 aliphatic heterocycles. The van der Waals surface area contributed by atoms with Crippen LogP contribution in [0.1, 0.15) is 16.8 Å². The fraction of sp³-hybridized carbons (Fsp3) is 0.250. The molecule has 6 nitrogen and oxygen atoms in total. The van der Waals surface area contributed by atoms with Gasteiger partial charge in [0.2, 0.25) is 5.82 Å². The lowest BCUT2D eigenvalue weighted by Gasteiger charge is -2.21. The summed E-state index contributed by atoms with van der Waals surface area (Å²) in [5.41, 5.74) is 1.40.